The first-order valence-corrected chi connectivity index (χ1v) is 4.98. The molecule has 0 saturated carbocycles. The smallest absolute Gasteiger partial charge is 0.406 e. The van der Waals surface area contributed by atoms with Crippen molar-refractivity contribution in [2.45, 2.75) is 19.1 Å². The summed E-state index contributed by atoms with van der Waals surface area (Å²) in [7, 11) is 1.04. The summed E-state index contributed by atoms with van der Waals surface area (Å²) < 4.78 is 40.8. The molecule has 0 aromatic carbocycles. The molecule has 19 heavy (non-hydrogen) atoms. The van der Waals surface area contributed by atoms with Gasteiger partial charge < -0.3 is 20.1 Å². The first-order valence-electron chi connectivity index (χ1n) is 4.98. The number of nitrogens with zero attached hydrogens (tertiary/aromatic N) is 1. The number of carbonyl (C=O) groups excluding carboxylic acids is 2. The van der Waals surface area contributed by atoms with Gasteiger partial charge in [0.05, 0.1) is 7.11 Å². The lowest BCUT2D eigenvalue weighted by molar-refractivity contribution is -0.149. The molecule has 0 saturated heterocycles. The Bertz CT molecular complexity index is 358. The van der Waals surface area contributed by atoms with Crippen LogP contribution in [0, 0.1) is 0 Å². The van der Waals surface area contributed by atoms with Crippen molar-refractivity contribution in [2.24, 2.45) is 0 Å². The minimum atomic E-state index is -4.75. The summed E-state index contributed by atoms with van der Waals surface area (Å²) in [5, 5.41) is 10.3. The molecule has 0 spiro atoms. The van der Waals surface area contributed by atoms with E-state index in [0.29, 0.717) is 0 Å². The lowest BCUT2D eigenvalue weighted by Crippen LogP contribution is -2.51. The zero-order valence-corrected chi connectivity index (χ0v) is 10.2. The van der Waals surface area contributed by atoms with Crippen molar-refractivity contribution in [3.63, 3.8) is 0 Å². The van der Waals surface area contributed by atoms with E-state index >= 15 is 0 Å². The van der Waals surface area contributed by atoms with Crippen LogP contribution in [0.4, 0.5) is 18.0 Å². The van der Waals surface area contributed by atoms with Gasteiger partial charge in [-0.1, -0.05) is 0 Å². The van der Waals surface area contributed by atoms with Gasteiger partial charge in [-0.15, -0.1) is 0 Å². The van der Waals surface area contributed by atoms with Gasteiger partial charge in [0, 0.05) is 0 Å². The number of alkyl halides is 3. The number of ether oxygens (including phenoxy) is 1. The van der Waals surface area contributed by atoms with E-state index in [4.69, 9.17) is 5.11 Å². The fraction of sp³-hybridized carbons (Fsp3) is 0.667. The molecule has 0 rings (SSSR count). The molecule has 0 aromatic heterocycles. The molecule has 0 radical (unpaired) electrons. The Kier molecular flexibility index (Phi) is 6.09. The SMILES string of the molecule is COC(=O)C(C)NC(=O)N(CC(=O)O)CC(F)(F)F. The third-order valence-corrected chi connectivity index (χ3v) is 1.88. The van der Waals surface area contributed by atoms with Crippen LogP contribution in [0.25, 0.3) is 0 Å². The van der Waals surface area contributed by atoms with Crippen LogP contribution < -0.4 is 5.32 Å². The number of methoxy groups -OCH3 is 1. The molecule has 0 aliphatic heterocycles. The van der Waals surface area contributed by atoms with Crippen molar-refractivity contribution < 1.29 is 37.4 Å². The lowest BCUT2D eigenvalue weighted by atomic mass is 10.3. The number of carbonyl (C=O) groups is 3. The summed E-state index contributed by atoms with van der Waals surface area (Å²) in [6.07, 6.45) is -4.75. The van der Waals surface area contributed by atoms with Crippen LogP contribution in [0.3, 0.4) is 0 Å². The van der Waals surface area contributed by atoms with Crippen LogP contribution in [0.5, 0.6) is 0 Å². The molecule has 1 atom stereocenters. The fourth-order valence-electron chi connectivity index (χ4n) is 1.09. The molecule has 2 N–H and O–H groups in total. The highest BCUT2D eigenvalue weighted by Crippen LogP contribution is 2.16. The average molecular weight is 286 g/mol. The van der Waals surface area contributed by atoms with E-state index in [2.05, 4.69) is 4.74 Å². The number of rotatable bonds is 5. The van der Waals surface area contributed by atoms with E-state index in [9.17, 15) is 27.6 Å². The third-order valence-electron chi connectivity index (χ3n) is 1.88. The second-order valence-electron chi connectivity index (χ2n) is 3.56. The number of carboxylic acids is 1. The quantitative estimate of drug-likeness (QED) is 0.704. The molecule has 110 valence electrons. The van der Waals surface area contributed by atoms with Crippen molar-refractivity contribution in [3.8, 4) is 0 Å². The Morgan fingerprint density at radius 1 is 1.37 bits per heavy atom. The molecule has 0 aliphatic carbocycles. The zero-order chi connectivity index (χ0) is 15.2. The Morgan fingerprint density at radius 3 is 2.26 bits per heavy atom. The summed E-state index contributed by atoms with van der Waals surface area (Å²) in [5.41, 5.74) is 0. The van der Waals surface area contributed by atoms with Gasteiger partial charge in [0.25, 0.3) is 0 Å². The van der Waals surface area contributed by atoms with Gasteiger partial charge >= 0.3 is 24.1 Å². The van der Waals surface area contributed by atoms with Gasteiger partial charge in [-0.05, 0) is 6.92 Å². The number of esters is 1. The van der Waals surface area contributed by atoms with E-state index in [0.717, 1.165) is 7.11 Å². The number of amides is 2. The Balaban J connectivity index is 4.72. The van der Waals surface area contributed by atoms with Crippen LogP contribution in [-0.2, 0) is 14.3 Å². The monoisotopic (exact) mass is 286 g/mol. The van der Waals surface area contributed by atoms with Crippen molar-refractivity contribution in [2.75, 3.05) is 20.2 Å². The summed E-state index contributed by atoms with van der Waals surface area (Å²) in [4.78, 5) is 32.8. The molecule has 0 aromatic rings. The molecule has 0 aliphatic rings. The van der Waals surface area contributed by atoms with Crippen LogP contribution in [0.1, 0.15) is 6.92 Å². The lowest BCUT2D eigenvalue weighted by Gasteiger charge is -2.23. The van der Waals surface area contributed by atoms with E-state index < -0.39 is 43.3 Å². The van der Waals surface area contributed by atoms with Crippen molar-refractivity contribution in [3.05, 3.63) is 0 Å². The molecular weight excluding hydrogens is 273 g/mol. The van der Waals surface area contributed by atoms with Gasteiger partial charge in [0.1, 0.15) is 19.1 Å². The molecule has 7 nitrogen and oxygen atoms in total. The highest BCUT2D eigenvalue weighted by atomic mass is 19.4. The molecule has 10 heteroatoms. The van der Waals surface area contributed by atoms with Gasteiger partial charge in [-0.25, -0.2) is 9.59 Å². The standard InChI is InChI=1S/C9H13F3N2O5/c1-5(7(17)19-2)13-8(18)14(3-6(15)16)4-9(10,11)12/h5H,3-4H2,1-2H3,(H,13,18)(H,15,16). The minimum Gasteiger partial charge on any atom is -0.480 e. The van der Waals surface area contributed by atoms with E-state index in [1.807, 2.05) is 5.32 Å². The highest BCUT2D eigenvalue weighted by Gasteiger charge is 2.34. The normalized spacial score (nSPS) is 12.5. The second-order valence-corrected chi connectivity index (χ2v) is 3.56. The topological polar surface area (TPSA) is 95.9 Å². The number of carboxylic acid groups (broad SMARTS) is 1. The summed E-state index contributed by atoms with van der Waals surface area (Å²) in [6.45, 7) is -1.69. The molecule has 0 fully saturated rings. The number of hydrogen-bond donors (Lipinski definition) is 2. The van der Waals surface area contributed by atoms with Crippen molar-refractivity contribution >= 4 is 18.0 Å². The maximum Gasteiger partial charge on any atom is 0.406 e. The van der Waals surface area contributed by atoms with Crippen LogP contribution in [0.2, 0.25) is 0 Å². The number of urea groups is 1. The van der Waals surface area contributed by atoms with E-state index in [-0.39, 0.29) is 4.90 Å². The highest BCUT2D eigenvalue weighted by molar-refractivity contribution is 5.85. The number of halogens is 3. The summed E-state index contributed by atoms with van der Waals surface area (Å²) in [5.74, 6) is -2.47. The van der Waals surface area contributed by atoms with E-state index in [1.165, 1.54) is 6.92 Å². The van der Waals surface area contributed by atoms with Gasteiger partial charge in [-0.2, -0.15) is 13.2 Å². The molecule has 0 bridgehead atoms. The Labute approximate surface area is 106 Å². The van der Waals surface area contributed by atoms with Crippen LogP contribution >= 0.6 is 0 Å². The fourth-order valence-corrected chi connectivity index (χ4v) is 1.09. The molecule has 2 amide bonds. The number of hydrogen-bond acceptors (Lipinski definition) is 4. The second kappa shape index (κ2) is 6.81. The third kappa shape index (κ3) is 7.11. The van der Waals surface area contributed by atoms with Crippen molar-refractivity contribution in [1.82, 2.24) is 10.2 Å². The van der Waals surface area contributed by atoms with Crippen LogP contribution in [0.15, 0.2) is 0 Å². The van der Waals surface area contributed by atoms with Gasteiger partial charge in [-0.3, -0.25) is 4.79 Å². The maximum absolute atomic E-state index is 12.2. The zero-order valence-electron chi connectivity index (χ0n) is 10.2. The summed E-state index contributed by atoms with van der Waals surface area (Å²) >= 11 is 0. The molecular formula is C9H13F3N2O5. The number of aliphatic carboxylic acids is 1. The predicted octanol–water partition coefficient (Wildman–Crippen LogP) is 0.206. The van der Waals surface area contributed by atoms with Gasteiger partial charge in [0.2, 0.25) is 0 Å². The molecule has 0 heterocycles. The Morgan fingerprint density at radius 2 is 1.89 bits per heavy atom. The average Bonchev–Trinajstić information content (AvgIpc) is 2.24. The Hall–Kier alpha value is -2.00. The number of nitrogens with one attached hydrogen (secondary N) is 1. The van der Waals surface area contributed by atoms with E-state index in [1.54, 1.807) is 0 Å². The maximum atomic E-state index is 12.2. The van der Waals surface area contributed by atoms with Gasteiger partial charge in [0.15, 0.2) is 0 Å². The van der Waals surface area contributed by atoms with Crippen molar-refractivity contribution in [1.29, 1.82) is 0 Å². The molecule has 1 unspecified atom stereocenters. The first kappa shape index (κ1) is 17.0. The first-order chi connectivity index (χ1) is 8.56. The largest absolute Gasteiger partial charge is 0.480 e. The minimum absolute atomic E-state index is 0.0295. The predicted molar refractivity (Wildman–Crippen MR) is 55.3 cm³/mol. The summed E-state index contributed by atoms with van der Waals surface area (Å²) in [6, 6.07) is -2.51. The van der Waals surface area contributed by atoms with Crippen LogP contribution in [-0.4, -0.2) is 60.4 Å².